The third-order valence-electron chi connectivity index (χ3n) is 5.26. The Balaban J connectivity index is 1.93. The summed E-state index contributed by atoms with van der Waals surface area (Å²) in [4.78, 5) is 0. The summed E-state index contributed by atoms with van der Waals surface area (Å²) in [6.07, 6.45) is 2.16. The van der Waals surface area contributed by atoms with Crippen LogP contribution in [0.3, 0.4) is 0 Å². The van der Waals surface area contributed by atoms with Crippen LogP contribution in [0.2, 0.25) is 0 Å². The number of hydrogen-bond donors (Lipinski definition) is 0. The van der Waals surface area contributed by atoms with Gasteiger partial charge in [0, 0.05) is 28.0 Å². The molecule has 1 atom stereocenters. The SMILES string of the molecule is CCCCN(P(c1ccccc1)c1ccccc1)P(c1ccccc1)c1ccccc1F. The maximum Gasteiger partial charge on any atom is 0.132 e. The molecule has 0 aliphatic rings. The zero-order valence-electron chi connectivity index (χ0n) is 18.3. The van der Waals surface area contributed by atoms with Gasteiger partial charge in [-0.3, -0.25) is 0 Å². The molecule has 0 radical (unpaired) electrons. The smallest absolute Gasteiger partial charge is 0.132 e. The van der Waals surface area contributed by atoms with Gasteiger partial charge in [-0.2, -0.15) is 0 Å². The number of rotatable bonds is 9. The molecule has 32 heavy (non-hydrogen) atoms. The Hall–Kier alpha value is -2.37. The molecule has 0 bridgehead atoms. The summed E-state index contributed by atoms with van der Waals surface area (Å²) in [6.45, 7) is 3.14. The minimum Gasteiger partial charge on any atom is -0.245 e. The molecular formula is C28H28FNP2. The minimum absolute atomic E-state index is 0.125. The predicted molar refractivity (Wildman–Crippen MR) is 140 cm³/mol. The molecule has 4 aromatic rings. The minimum atomic E-state index is -1.05. The Morgan fingerprint density at radius 1 is 0.594 bits per heavy atom. The van der Waals surface area contributed by atoms with Crippen molar-refractivity contribution >= 4 is 37.4 Å². The van der Waals surface area contributed by atoms with Gasteiger partial charge in [-0.15, -0.1) is 0 Å². The molecule has 0 heterocycles. The summed E-state index contributed by atoms with van der Waals surface area (Å²) in [5, 5.41) is 4.57. The summed E-state index contributed by atoms with van der Waals surface area (Å²) >= 11 is 0. The molecule has 162 valence electrons. The van der Waals surface area contributed by atoms with E-state index < -0.39 is 16.1 Å². The van der Waals surface area contributed by atoms with Crippen molar-refractivity contribution in [1.82, 2.24) is 4.44 Å². The Morgan fingerprint density at radius 2 is 1.03 bits per heavy atom. The molecule has 0 aliphatic heterocycles. The van der Waals surface area contributed by atoms with E-state index in [-0.39, 0.29) is 5.82 Å². The van der Waals surface area contributed by atoms with Crippen molar-refractivity contribution in [2.75, 3.05) is 6.54 Å². The second kappa shape index (κ2) is 11.5. The molecular weight excluding hydrogens is 431 g/mol. The number of nitrogens with zero attached hydrogens (tertiary/aromatic N) is 1. The van der Waals surface area contributed by atoms with Crippen LogP contribution in [-0.2, 0) is 0 Å². The van der Waals surface area contributed by atoms with E-state index in [9.17, 15) is 0 Å². The van der Waals surface area contributed by atoms with Crippen LogP contribution < -0.4 is 21.2 Å². The van der Waals surface area contributed by atoms with E-state index in [1.165, 1.54) is 15.9 Å². The van der Waals surface area contributed by atoms with Gasteiger partial charge in [0.15, 0.2) is 0 Å². The fourth-order valence-electron chi connectivity index (χ4n) is 3.73. The average molecular weight is 459 g/mol. The van der Waals surface area contributed by atoms with Crippen LogP contribution in [0.4, 0.5) is 4.39 Å². The highest BCUT2D eigenvalue weighted by Gasteiger charge is 2.32. The van der Waals surface area contributed by atoms with Gasteiger partial charge in [0.05, 0.1) is 0 Å². The van der Waals surface area contributed by atoms with Gasteiger partial charge in [0.1, 0.15) is 5.82 Å². The Morgan fingerprint density at radius 3 is 1.50 bits per heavy atom. The first-order chi connectivity index (χ1) is 15.8. The van der Waals surface area contributed by atoms with Crippen molar-refractivity contribution in [3.8, 4) is 0 Å². The summed E-state index contributed by atoms with van der Waals surface area (Å²) in [5.74, 6) is -0.125. The number of hydrogen-bond acceptors (Lipinski definition) is 1. The Bertz CT molecular complexity index is 1050. The summed E-state index contributed by atoms with van der Waals surface area (Å²) < 4.78 is 17.9. The van der Waals surface area contributed by atoms with E-state index in [1.807, 2.05) is 18.2 Å². The highest BCUT2D eigenvalue weighted by molar-refractivity contribution is 7.84. The van der Waals surface area contributed by atoms with Crippen LogP contribution in [0.5, 0.6) is 0 Å². The molecule has 0 amide bonds. The van der Waals surface area contributed by atoms with Crippen molar-refractivity contribution in [3.05, 3.63) is 121 Å². The molecule has 1 unspecified atom stereocenters. The lowest BCUT2D eigenvalue weighted by molar-refractivity contribution is 0.629. The number of halogens is 1. The van der Waals surface area contributed by atoms with Crippen LogP contribution in [0.25, 0.3) is 0 Å². The highest BCUT2D eigenvalue weighted by atomic mass is 31.2. The van der Waals surface area contributed by atoms with Gasteiger partial charge < -0.3 is 0 Å². The zero-order valence-corrected chi connectivity index (χ0v) is 20.1. The van der Waals surface area contributed by atoms with Crippen molar-refractivity contribution in [2.45, 2.75) is 19.8 Å². The van der Waals surface area contributed by atoms with Crippen LogP contribution in [-0.4, -0.2) is 11.0 Å². The van der Waals surface area contributed by atoms with Gasteiger partial charge in [-0.1, -0.05) is 116 Å². The third kappa shape index (κ3) is 5.33. The van der Waals surface area contributed by atoms with E-state index in [1.54, 1.807) is 12.1 Å². The first kappa shape index (κ1) is 22.8. The molecule has 0 N–H and O–H groups in total. The van der Waals surface area contributed by atoms with Crippen molar-refractivity contribution < 1.29 is 4.39 Å². The van der Waals surface area contributed by atoms with Crippen molar-refractivity contribution in [2.24, 2.45) is 0 Å². The lowest BCUT2D eigenvalue weighted by Crippen LogP contribution is -2.33. The first-order valence-corrected chi connectivity index (χ1v) is 13.7. The topological polar surface area (TPSA) is 3.24 Å². The van der Waals surface area contributed by atoms with Crippen LogP contribution in [0, 0.1) is 5.82 Å². The summed E-state index contributed by atoms with van der Waals surface area (Å²) in [7, 11) is -1.88. The maximum atomic E-state index is 15.3. The molecule has 4 rings (SSSR count). The van der Waals surface area contributed by atoms with Crippen molar-refractivity contribution in [3.63, 3.8) is 0 Å². The Kier molecular flexibility index (Phi) is 8.18. The monoisotopic (exact) mass is 459 g/mol. The van der Waals surface area contributed by atoms with Gasteiger partial charge in [-0.05, 0) is 34.5 Å². The standard InChI is InChI=1S/C28H28FNP2/c1-2-3-23-30(31(24-15-7-4-8-16-24)25-17-9-5-10-18-25)32(26-19-11-6-12-20-26)28-22-14-13-21-27(28)29/h4-22H,2-3,23H2,1H3. The van der Waals surface area contributed by atoms with E-state index >= 15 is 4.39 Å². The van der Waals surface area contributed by atoms with E-state index in [2.05, 4.69) is 96.3 Å². The molecule has 0 saturated carbocycles. The second-order valence-electron chi connectivity index (χ2n) is 7.53. The third-order valence-corrected chi connectivity index (χ3v) is 10.8. The molecule has 4 aromatic carbocycles. The van der Waals surface area contributed by atoms with Crippen LogP contribution >= 0.6 is 16.1 Å². The van der Waals surface area contributed by atoms with Crippen LogP contribution in [0.15, 0.2) is 115 Å². The molecule has 4 heteroatoms. The molecule has 0 saturated heterocycles. The number of benzene rings is 4. The fraction of sp³-hybridized carbons (Fsp3) is 0.143. The van der Waals surface area contributed by atoms with Crippen LogP contribution in [0.1, 0.15) is 19.8 Å². The fourth-order valence-corrected chi connectivity index (χ4v) is 9.84. The van der Waals surface area contributed by atoms with Crippen molar-refractivity contribution in [1.29, 1.82) is 0 Å². The van der Waals surface area contributed by atoms with Gasteiger partial charge in [-0.25, -0.2) is 8.83 Å². The molecule has 0 aromatic heterocycles. The van der Waals surface area contributed by atoms with Gasteiger partial charge in [0.2, 0.25) is 0 Å². The quantitative estimate of drug-likeness (QED) is 0.265. The maximum absolute atomic E-state index is 15.3. The highest BCUT2D eigenvalue weighted by Crippen LogP contribution is 2.54. The molecule has 0 spiro atoms. The Labute approximate surface area is 193 Å². The molecule has 0 aliphatic carbocycles. The second-order valence-corrected chi connectivity index (χ2v) is 12.1. The van der Waals surface area contributed by atoms with Gasteiger partial charge >= 0.3 is 0 Å². The summed E-state index contributed by atoms with van der Waals surface area (Å²) in [6, 6.07) is 39.2. The number of unbranched alkanes of at least 4 members (excludes halogenated alkanes) is 1. The lowest BCUT2D eigenvalue weighted by Gasteiger charge is -2.39. The zero-order chi connectivity index (χ0) is 22.2. The van der Waals surface area contributed by atoms with E-state index in [4.69, 9.17) is 0 Å². The van der Waals surface area contributed by atoms with E-state index in [0.717, 1.165) is 24.7 Å². The average Bonchev–Trinajstić information content (AvgIpc) is 2.86. The molecule has 1 nitrogen and oxygen atoms in total. The molecule has 0 fully saturated rings. The summed E-state index contributed by atoms with van der Waals surface area (Å²) in [5.41, 5.74) is 0. The first-order valence-electron chi connectivity index (χ1n) is 11.1. The normalized spacial score (nSPS) is 12.2. The lowest BCUT2D eigenvalue weighted by atomic mass is 10.3. The largest absolute Gasteiger partial charge is 0.245 e. The van der Waals surface area contributed by atoms with E-state index in [0.29, 0.717) is 0 Å². The predicted octanol–water partition coefficient (Wildman–Crippen LogP) is 6.32. The van der Waals surface area contributed by atoms with Gasteiger partial charge in [0.25, 0.3) is 0 Å².